The van der Waals surface area contributed by atoms with Gasteiger partial charge in [0.1, 0.15) is 5.76 Å². The first-order valence-electron chi connectivity index (χ1n) is 6.37. The van der Waals surface area contributed by atoms with Crippen LogP contribution in [0.4, 0.5) is 5.95 Å². The molecule has 6 heteroatoms. The van der Waals surface area contributed by atoms with Crippen LogP contribution in [0.2, 0.25) is 0 Å². The minimum atomic E-state index is -0.0255. The minimum absolute atomic E-state index is 0.0255. The third-order valence-corrected chi connectivity index (χ3v) is 3.26. The predicted molar refractivity (Wildman–Crippen MR) is 74.9 cm³/mol. The second kappa shape index (κ2) is 5.40. The van der Waals surface area contributed by atoms with Crippen LogP contribution in [-0.2, 0) is 6.54 Å². The highest BCUT2D eigenvalue weighted by atomic mass is 16.5. The summed E-state index contributed by atoms with van der Waals surface area (Å²) in [6.45, 7) is 7.73. The third-order valence-electron chi connectivity index (χ3n) is 3.26. The van der Waals surface area contributed by atoms with Crippen molar-refractivity contribution >= 4 is 11.7 Å². The summed E-state index contributed by atoms with van der Waals surface area (Å²) < 4.78 is 5.14. The van der Waals surface area contributed by atoms with E-state index in [9.17, 15) is 4.79 Å². The van der Waals surface area contributed by atoms with Crippen molar-refractivity contribution in [3.8, 4) is 0 Å². The smallest absolute Gasteiger partial charge is 0.225 e. The van der Waals surface area contributed by atoms with Crippen LogP contribution >= 0.6 is 0 Å². The molecule has 0 saturated carbocycles. The Labute approximate surface area is 117 Å². The minimum Gasteiger partial charge on any atom is -0.361 e. The Hall–Kier alpha value is -2.24. The summed E-state index contributed by atoms with van der Waals surface area (Å²) in [4.78, 5) is 21.9. The molecule has 0 aromatic carbocycles. The topological polar surface area (TPSA) is 72.1 Å². The molecule has 2 aromatic heterocycles. The van der Waals surface area contributed by atoms with Gasteiger partial charge in [0.25, 0.3) is 0 Å². The largest absolute Gasteiger partial charge is 0.361 e. The number of nitrogens with zero attached hydrogens (tertiary/aromatic N) is 4. The van der Waals surface area contributed by atoms with Crippen LogP contribution in [0.5, 0.6) is 0 Å². The van der Waals surface area contributed by atoms with E-state index in [1.807, 2.05) is 32.7 Å². The van der Waals surface area contributed by atoms with E-state index in [2.05, 4.69) is 15.1 Å². The summed E-state index contributed by atoms with van der Waals surface area (Å²) in [6, 6.07) is 0. The summed E-state index contributed by atoms with van der Waals surface area (Å²) in [5.41, 5.74) is 3.14. The summed E-state index contributed by atoms with van der Waals surface area (Å²) in [5, 5.41) is 3.93. The zero-order valence-electron chi connectivity index (χ0n) is 12.4. The quantitative estimate of drug-likeness (QED) is 0.796. The van der Waals surface area contributed by atoms with Crippen LogP contribution in [0.1, 0.15) is 40.0 Å². The molecular formula is C14H18N4O2. The van der Waals surface area contributed by atoms with E-state index in [-0.39, 0.29) is 5.78 Å². The molecule has 0 radical (unpaired) electrons. The van der Waals surface area contributed by atoms with E-state index in [1.54, 1.807) is 6.20 Å². The molecule has 2 heterocycles. The highest BCUT2D eigenvalue weighted by Crippen LogP contribution is 2.17. The number of rotatable bonds is 4. The van der Waals surface area contributed by atoms with Crippen LogP contribution < -0.4 is 4.90 Å². The number of anilines is 1. The summed E-state index contributed by atoms with van der Waals surface area (Å²) in [6.07, 6.45) is 1.57. The van der Waals surface area contributed by atoms with Gasteiger partial charge < -0.3 is 9.42 Å². The van der Waals surface area contributed by atoms with Crippen molar-refractivity contribution in [2.24, 2.45) is 0 Å². The van der Waals surface area contributed by atoms with Gasteiger partial charge in [0.15, 0.2) is 5.78 Å². The Kier molecular flexibility index (Phi) is 3.83. The van der Waals surface area contributed by atoms with Gasteiger partial charge in [0.2, 0.25) is 5.95 Å². The van der Waals surface area contributed by atoms with E-state index < -0.39 is 0 Å². The molecule has 0 aliphatic rings. The molecule has 0 aliphatic heterocycles. The number of carbonyl (C=O) groups excluding carboxylic acids is 1. The van der Waals surface area contributed by atoms with Crippen molar-refractivity contribution < 1.29 is 9.32 Å². The van der Waals surface area contributed by atoms with Crippen LogP contribution in [0, 0.1) is 20.8 Å². The van der Waals surface area contributed by atoms with E-state index >= 15 is 0 Å². The van der Waals surface area contributed by atoms with Crippen molar-refractivity contribution in [3.05, 3.63) is 34.5 Å². The fraction of sp³-hybridized carbons (Fsp3) is 0.429. The van der Waals surface area contributed by atoms with Crippen LogP contribution in [0.3, 0.4) is 0 Å². The maximum Gasteiger partial charge on any atom is 0.225 e. The van der Waals surface area contributed by atoms with Crippen molar-refractivity contribution in [3.63, 3.8) is 0 Å². The lowest BCUT2D eigenvalue weighted by Gasteiger charge is -2.17. The lowest BCUT2D eigenvalue weighted by atomic mass is 10.2. The van der Waals surface area contributed by atoms with Gasteiger partial charge in [-0.1, -0.05) is 5.16 Å². The number of hydrogen-bond donors (Lipinski definition) is 0. The average molecular weight is 274 g/mol. The number of aryl methyl sites for hydroxylation is 3. The summed E-state index contributed by atoms with van der Waals surface area (Å²) >= 11 is 0. The van der Waals surface area contributed by atoms with E-state index in [4.69, 9.17) is 4.52 Å². The molecule has 0 amide bonds. The summed E-state index contributed by atoms with van der Waals surface area (Å²) in [5.74, 6) is 1.35. The predicted octanol–water partition coefficient (Wildman–Crippen LogP) is 2.23. The van der Waals surface area contributed by atoms with Gasteiger partial charge in [0, 0.05) is 18.8 Å². The van der Waals surface area contributed by atoms with Crippen molar-refractivity contribution in [1.82, 2.24) is 15.1 Å². The fourth-order valence-electron chi connectivity index (χ4n) is 2.02. The van der Waals surface area contributed by atoms with Crippen molar-refractivity contribution in [1.29, 1.82) is 0 Å². The molecule has 0 N–H and O–H groups in total. The Balaban J connectivity index is 2.24. The Morgan fingerprint density at radius 3 is 2.50 bits per heavy atom. The van der Waals surface area contributed by atoms with Gasteiger partial charge in [-0.05, 0) is 27.7 Å². The monoisotopic (exact) mass is 274 g/mol. The molecule has 0 bridgehead atoms. The van der Waals surface area contributed by atoms with Crippen molar-refractivity contribution in [2.45, 2.75) is 34.2 Å². The molecule has 0 unspecified atom stereocenters. The standard InChI is InChI=1S/C14H18N4O2/c1-8-12(10(3)19)6-15-14(16-8)18(5)7-13-9(2)17-20-11(13)4/h6H,7H2,1-5H3. The fourth-order valence-corrected chi connectivity index (χ4v) is 2.02. The maximum atomic E-state index is 11.4. The molecule has 20 heavy (non-hydrogen) atoms. The Morgan fingerprint density at radius 2 is 2.00 bits per heavy atom. The van der Waals surface area contributed by atoms with Gasteiger partial charge in [-0.3, -0.25) is 4.79 Å². The molecule has 0 atom stereocenters. The summed E-state index contributed by atoms with van der Waals surface area (Å²) in [7, 11) is 1.90. The molecule has 0 fully saturated rings. The molecule has 6 nitrogen and oxygen atoms in total. The van der Waals surface area contributed by atoms with Crippen LogP contribution in [0.25, 0.3) is 0 Å². The van der Waals surface area contributed by atoms with E-state index in [0.29, 0.717) is 23.8 Å². The lowest BCUT2D eigenvalue weighted by molar-refractivity contribution is 0.101. The van der Waals surface area contributed by atoms with Gasteiger partial charge in [0.05, 0.1) is 23.5 Å². The number of aromatic nitrogens is 3. The SMILES string of the molecule is CC(=O)c1cnc(N(C)Cc2c(C)noc2C)nc1C. The van der Waals surface area contributed by atoms with Gasteiger partial charge in [-0.15, -0.1) is 0 Å². The zero-order chi connectivity index (χ0) is 14.9. The number of hydrogen-bond acceptors (Lipinski definition) is 6. The van der Waals surface area contributed by atoms with Gasteiger partial charge >= 0.3 is 0 Å². The molecule has 0 saturated heterocycles. The normalized spacial score (nSPS) is 10.7. The third kappa shape index (κ3) is 2.68. The average Bonchev–Trinajstić information content (AvgIpc) is 2.70. The molecule has 106 valence electrons. The zero-order valence-corrected chi connectivity index (χ0v) is 12.4. The maximum absolute atomic E-state index is 11.4. The molecule has 0 aliphatic carbocycles. The first kappa shape index (κ1) is 14.2. The number of Topliss-reactive ketones (excluding diaryl/α,β-unsaturated/α-hetero) is 1. The highest BCUT2D eigenvalue weighted by molar-refractivity contribution is 5.94. The Bertz CT molecular complexity index is 629. The molecule has 2 aromatic rings. The number of ketones is 1. The van der Waals surface area contributed by atoms with Gasteiger partial charge in [-0.25, -0.2) is 9.97 Å². The first-order valence-corrected chi connectivity index (χ1v) is 6.37. The molecular weight excluding hydrogens is 256 g/mol. The van der Waals surface area contributed by atoms with E-state index in [0.717, 1.165) is 17.0 Å². The molecule has 0 spiro atoms. The van der Waals surface area contributed by atoms with Crippen LogP contribution in [0.15, 0.2) is 10.7 Å². The van der Waals surface area contributed by atoms with E-state index in [1.165, 1.54) is 6.92 Å². The Morgan fingerprint density at radius 1 is 1.30 bits per heavy atom. The van der Waals surface area contributed by atoms with Gasteiger partial charge in [-0.2, -0.15) is 0 Å². The highest BCUT2D eigenvalue weighted by Gasteiger charge is 2.15. The lowest BCUT2D eigenvalue weighted by Crippen LogP contribution is -2.20. The second-order valence-electron chi connectivity index (χ2n) is 4.88. The number of carbonyl (C=O) groups is 1. The molecule has 2 rings (SSSR count). The van der Waals surface area contributed by atoms with Crippen molar-refractivity contribution in [2.75, 3.05) is 11.9 Å². The first-order chi connectivity index (χ1) is 9.40. The second-order valence-corrected chi connectivity index (χ2v) is 4.88. The van der Waals surface area contributed by atoms with Crippen LogP contribution in [-0.4, -0.2) is 28.0 Å².